The van der Waals surface area contributed by atoms with Crippen LogP contribution in [0.5, 0.6) is 0 Å². The van der Waals surface area contributed by atoms with Gasteiger partial charge in [0.05, 0.1) is 0 Å². The van der Waals surface area contributed by atoms with E-state index in [1.807, 2.05) is 11.8 Å². The van der Waals surface area contributed by atoms with Crippen molar-refractivity contribution in [1.82, 2.24) is 0 Å². The summed E-state index contributed by atoms with van der Waals surface area (Å²) in [6.45, 7) is 6.10. The van der Waals surface area contributed by atoms with E-state index >= 15 is 0 Å². The largest absolute Gasteiger partial charge is 0.368 e. The first-order chi connectivity index (χ1) is 8.72. The number of likely N-dealkylation sites (N-methyl/N-ethyl adjacent to an activating group) is 1. The second kappa shape index (κ2) is 8.44. The Kier molecular flexibility index (Phi) is 7.21. The van der Waals surface area contributed by atoms with E-state index in [4.69, 9.17) is 5.73 Å². The molecular formula is C15H26N2S. The zero-order valence-electron chi connectivity index (χ0n) is 11.9. The molecule has 102 valence electrons. The van der Waals surface area contributed by atoms with Crippen molar-refractivity contribution in [3.63, 3.8) is 0 Å². The standard InChI is InChI=1S/C15H26N2S/c1-4-17(14-8-5-7-13(2)11-14)15(12-16)9-6-10-18-3/h5,7-8,11,15H,4,6,9-10,12,16H2,1-3H3. The van der Waals surface area contributed by atoms with E-state index in [9.17, 15) is 0 Å². The maximum atomic E-state index is 5.96. The fourth-order valence-corrected chi connectivity index (χ4v) is 2.78. The normalized spacial score (nSPS) is 12.4. The van der Waals surface area contributed by atoms with Crippen molar-refractivity contribution < 1.29 is 0 Å². The van der Waals surface area contributed by atoms with Crippen LogP contribution in [0, 0.1) is 6.92 Å². The topological polar surface area (TPSA) is 29.3 Å². The Balaban J connectivity index is 2.73. The van der Waals surface area contributed by atoms with Crippen LogP contribution in [-0.2, 0) is 0 Å². The third kappa shape index (κ3) is 4.54. The molecule has 1 unspecified atom stereocenters. The predicted molar refractivity (Wildman–Crippen MR) is 84.7 cm³/mol. The Bertz CT molecular complexity index is 341. The molecule has 1 aromatic carbocycles. The lowest BCUT2D eigenvalue weighted by Crippen LogP contribution is -2.40. The molecule has 0 amide bonds. The molecule has 2 nitrogen and oxygen atoms in total. The first kappa shape index (κ1) is 15.4. The summed E-state index contributed by atoms with van der Waals surface area (Å²) in [6.07, 6.45) is 4.58. The van der Waals surface area contributed by atoms with E-state index in [0.29, 0.717) is 6.04 Å². The number of hydrogen-bond acceptors (Lipinski definition) is 3. The lowest BCUT2D eigenvalue weighted by Gasteiger charge is -2.32. The van der Waals surface area contributed by atoms with Crippen LogP contribution in [0.25, 0.3) is 0 Å². The predicted octanol–water partition coefficient (Wildman–Crippen LogP) is 3.29. The van der Waals surface area contributed by atoms with Gasteiger partial charge in [-0.3, -0.25) is 0 Å². The molecule has 18 heavy (non-hydrogen) atoms. The number of hydrogen-bond donors (Lipinski definition) is 1. The summed E-state index contributed by atoms with van der Waals surface area (Å²) in [5.74, 6) is 1.22. The van der Waals surface area contributed by atoms with Gasteiger partial charge in [-0.1, -0.05) is 12.1 Å². The lowest BCUT2D eigenvalue weighted by molar-refractivity contribution is 0.560. The van der Waals surface area contributed by atoms with Crippen LogP contribution in [0.4, 0.5) is 5.69 Å². The monoisotopic (exact) mass is 266 g/mol. The molecule has 3 heteroatoms. The van der Waals surface area contributed by atoms with Crippen molar-refractivity contribution >= 4 is 17.4 Å². The first-order valence-electron chi connectivity index (χ1n) is 6.75. The van der Waals surface area contributed by atoms with E-state index in [-0.39, 0.29) is 0 Å². The van der Waals surface area contributed by atoms with Crippen LogP contribution in [0.2, 0.25) is 0 Å². The first-order valence-corrected chi connectivity index (χ1v) is 8.14. The van der Waals surface area contributed by atoms with Crippen LogP contribution in [0.15, 0.2) is 24.3 Å². The molecule has 0 fully saturated rings. The van der Waals surface area contributed by atoms with Crippen LogP contribution in [0.3, 0.4) is 0 Å². The fourth-order valence-electron chi connectivity index (χ4n) is 2.32. The van der Waals surface area contributed by atoms with E-state index in [1.165, 1.54) is 29.8 Å². The van der Waals surface area contributed by atoms with E-state index in [2.05, 4.69) is 49.3 Å². The van der Waals surface area contributed by atoms with Gasteiger partial charge in [-0.25, -0.2) is 0 Å². The van der Waals surface area contributed by atoms with Gasteiger partial charge >= 0.3 is 0 Å². The van der Waals surface area contributed by atoms with Gasteiger partial charge in [0, 0.05) is 24.8 Å². The molecule has 0 aromatic heterocycles. The minimum absolute atomic E-state index is 0.462. The Morgan fingerprint density at radius 2 is 2.17 bits per heavy atom. The lowest BCUT2D eigenvalue weighted by atomic mass is 10.1. The molecule has 0 aliphatic heterocycles. The number of nitrogens with two attached hydrogens (primary N) is 1. The summed E-state index contributed by atoms with van der Waals surface area (Å²) in [5.41, 5.74) is 8.57. The molecule has 0 saturated heterocycles. The summed E-state index contributed by atoms with van der Waals surface area (Å²) in [5, 5.41) is 0. The van der Waals surface area contributed by atoms with Gasteiger partial charge in [0.2, 0.25) is 0 Å². The Morgan fingerprint density at radius 1 is 1.39 bits per heavy atom. The molecule has 2 N–H and O–H groups in total. The highest BCUT2D eigenvalue weighted by atomic mass is 32.2. The van der Waals surface area contributed by atoms with Gasteiger partial charge in [-0.15, -0.1) is 0 Å². The molecule has 0 radical (unpaired) electrons. The number of nitrogens with zero attached hydrogens (tertiary/aromatic N) is 1. The van der Waals surface area contributed by atoms with Crippen LogP contribution < -0.4 is 10.6 Å². The summed E-state index contributed by atoms with van der Waals surface area (Å²) < 4.78 is 0. The minimum Gasteiger partial charge on any atom is -0.368 e. The van der Waals surface area contributed by atoms with Crippen molar-refractivity contribution in [2.24, 2.45) is 5.73 Å². The van der Waals surface area contributed by atoms with Crippen molar-refractivity contribution in [3.05, 3.63) is 29.8 Å². The Hall–Kier alpha value is -0.670. The highest BCUT2D eigenvalue weighted by molar-refractivity contribution is 7.98. The molecule has 0 spiro atoms. The Morgan fingerprint density at radius 3 is 2.72 bits per heavy atom. The van der Waals surface area contributed by atoms with Gasteiger partial charge in [0.15, 0.2) is 0 Å². The maximum Gasteiger partial charge on any atom is 0.0412 e. The average molecular weight is 266 g/mol. The summed E-state index contributed by atoms with van der Waals surface area (Å²) in [7, 11) is 0. The molecule has 0 aliphatic carbocycles. The van der Waals surface area contributed by atoms with Gasteiger partial charge in [-0.05, 0) is 56.4 Å². The van der Waals surface area contributed by atoms with E-state index in [1.54, 1.807) is 0 Å². The zero-order valence-corrected chi connectivity index (χ0v) is 12.7. The fraction of sp³-hybridized carbons (Fsp3) is 0.600. The molecular weight excluding hydrogens is 240 g/mol. The van der Waals surface area contributed by atoms with Crippen molar-refractivity contribution in [2.75, 3.05) is 30.0 Å². The smallest absolute Gasteiger partial charge is 0.0412 e. The highest BCUT2D eigenvalue weighted by Gasteiger charge is 2.15. The van der Waals surface area contributed by atoms with Gasteiger partial charge < -0.3 is 10.6 Å². The van der Waals surface area contributed by atoms with Crippen molar-refractivity contribution in [1.29, 1.82) is 0 Å². The number of anilines is 1. The average Bonchev–Trinajstić information content (AvgIpc) is 2.38. The van der Waals surface area contributed by atoms with Crippen LogP contribution in [0.1, 0.15) is 25.3 Å². The van der Waals surface area contributed by atoms with Crippen molar-refractivity contribution in [3.8, 4) is 0 Å². The number of aryl methyl sites for hydroxylation is 1. The molecule has 0 aliphatic rings. The zero-order chi connectivity index (χ0) is 13.4. The molecule has 1 atom stereocenters. The van der Waals surface area contributed by atoms with E-state index < -0.39 is 0 Å². The van der Waals surface area contributed by atoms with Gasteiger partial charge in [0.25, 0.3) is 0 Å². The number of thioether (sulfide) groups is 1. The second-order valence-electron chi connectivity index (χ2n) is 4.65. The minimum atomic E-state index is 0.462. The third-order valence-corrected chi connectivity index (χ3v) is 3.97. The molecule has 1 rings (SSSR count). The summed E-state index contributed by atoms with van der Waals surface area (Å²) >= 11 is 1.91. The second-order valence-corrected chi connectivity index (χ2v) is 5.64. The van der Waals surface area contributed by atoms with Crippen LogP contribution in [-0.4, -0.2) is 31.1 Å². The maximum absolute atomic E-state index is 5.96. The number of rotatable bonds is 8. The summed E-state index contributed by atoms with van der Waals surface area (Å²) in [4.78, 5) is 2.44. The van der Waals surface area contributed by atoms with Gasteiger partial charge in [-0.2, -0.15) is 11.8 Å². The Labute approximate surface area is 116 Å². The van der Waals surface area contributed by atoms with Gasteiger partial charge in [0.1, 0.15) is 0 Å². The molecule has 1 aromatic rings. The highest BCUT2D eigenvalue weighted by Crippen LogP contribution is 2.20. The molecule has 0 saturated carbocycles. The van der Waals surface area contributed by atoms with Crippen LogP contribution >= 0.6 is 11.8 Å². The SMILES string of the molecule is CCN(c1cccc(C)c1)C(CN)CCCSC. The summed E-state index contributed by atoms with van der Waals surface area (Å²) in [6, 6.07) is 9.17. The number of benzene rings is 1. The van der Waals surface area contributed by atoms with Crippen molar-refractivity contribution in [2.45, 2.75) is 32.7 Å². The molecule has 0 bridgehead atoms. The third-order valence-electron chi connectivity index (χ3n) is 3.27. The van der Waals surface area contributed by atoms with E-state index in [0.717, 1.165) is 13.1 Å². The molecule has 0 heterocycles. The quantitative estimate of drug-likeness (QED) is 0.732.